The molecule has 0 spiro atoms. The summed E-state index contributed by atoms with van der Waals surface area (Å²) in [4.78, 5) is 0. The van der Waals surface area contributed by atoms with Gasteiger partial charge in [-0.3, -0.25) is 0 Å². The molecule has 1 rings (SSSR count). The van der Waals surface area contributed by atoms with Gasteiger partial charge in [0.05, 0.1) is 0 Å². The summed E-state index contributed by atoms with van der Waals surface area (Å²) in [6.07, 6.45) is 1.99. The summed E-state index contributed by atoms with van der Waals surface area (Å²) in [5.74, 6) is 6.48. The van der Waals surface area contributed by atoms with E-state index in [4.69, 9.17) is 0 Å². The fourth-order valence-electron chi connectivity index (χ4n) is 1.27. The zero-order valence-corrected chi connectivity index (χ0v) is 10.0. The van der Waals surface area contributed by atoms with Gasteiger partial charge in [0.15, 0.2) is 0 Å². The summed E-state index contributed by atoms with van der Waals surface area (Å²) in [7, 11) is 0. The van der Waals surface area contributed by atoms with E-state index in [1.165, 1.54) is 0 Å². The Labute approximate surface area is 106 Å². The first-order valence-electron chi connectivity index (χ1n) is 5.01. The van der Waals surface area contributed by atoms with Crippen LogP contribution in [-0.4, -0.2) is 0 Å². The molecule has 0 heterocycles. The predicted octanol–water partition coefficient (Wildman–Crippen LogP) is 0.683. The van der Waals surface area contributed by atoms with Crippen molar-refractivity contribution in [3.05, 3.63) is 42.8 Å². The maximum atomic E-state index is 3.86. The van der Waals surface area contributed by atoms with Crippen LogP contribution < -0.4 is 18.9 Å². The van der Waals surface area contributed by atoms with Gasteiger partial charge in [0.25, 0.3) is 0 Å². The molecule has 0 amide bonds. The third-order valence-corrected chi connectivity index (χ3v) is 2.12. The predicted molar refractivity (Wildman–Crippen MR) is 61.7 cm³/mol. The molecule has 1 heteroatoms. The molecule has 0 bridgehead atoms. The number of benzene rings is 1. The van der Waals surface area contributed by atoms with Crippen LogP contribution in [0.2, 0.25) is 0 Å². The quantitative estimate of drug-likeness (QED) is 0.367. The average Bonchev–Trinajstić information content (AvgIpc) is 2.17. The smallest absolute Gasteiger partial charge is 0.343 e. The van der Waals surface area contributed by atoms with E-state index in [-0.39, 0.29) is 24.3 Å². The maximum absolute atomic E-state index is 3.86. The fraction of sp³-hybridized carbons (Fsp3) is 0.357. The van der Waals surface area contributed by atoms with Crippen LogP contribution in [0, 0.1) is 24.2 Å². The molecule has 0 radical (unpaired) electrons. The summed E-state index contributed by atoms with van der Waals surface area (Å²) in [5.41, 5.74) is 1.17. The van der Waals surface area contributed by atoms with Gasteiger partial charge in [-0.25, -0.2) is 0 Å². The van der Waals surface area contributed by atoms with Crippen molar-refractivity contribution in [1.29, 1.82) is 0 Å². The summed E-state index contributed by atoms with van der Waals surface area (Å²) in [6, 6.07) is 10.1. The molecule has 0 unspecified atom stereocenters. The van der Waals surface area contributed by atoms with E-state index in [1.54, 1.807) is 0 Å². The first kappa shape index (κ1) is 14.4. The van der Waals surface area contributed by atoms with Crippen LogP contribution in [0.25, 0.3) is 0 Å². The van der Waals surface area contributed by atoms with Crippen LogP contribution in [0.1, 0.15) is 32.3 Å². The molecule has 1 aromatic rings. The average molecular weight is 192 g/mol. The molecule has 74 valence electrons. The zero-order valence-electron chi connectivity index (χ0n) is 10.0. The van der Waals surface area contributed by atoms with Crippen molar-refractivity contribution in [2.24, 2.45) is 5.41 Å². The Bertz CT molecular complexity index is 327. The Morgan fingerprint density at radius 3 is 2.33 bits per heavy atom. The Morgan fingerprint density at radius 1 is 1.20 bits per heavy atom. The largest absolute Gasteiger partial charge is 1.00 e. The SMILES string of the molecule is [CH2-]CCC(C)(C)C#Cc1ccccc1.[Li+]. The summed E-state index contributed by atoms with van der Waals surface area (Å²) < 4.78 is 0. The van der Waals surface area contributed by atoms with E-state index >= 15 is 0 Å². The van der Waals surface area contributed by atoms with Gasteiger partial charge in [-0.05, 0) is 26.0 Å². The normalized spacial score (nSPS) is 9.80. The second-order valence-electron chi connectivity index (χ2n) is 4.10. The molecule has 0 nitrogen and oxygen atoms in total. The molecule has 0 aliphatic rings. The van der Waals surface area contributed by atoms with E-state index in [1.807, 2.05) is 30.3 Å². The van der Waals surface area contributed by atoms with Crippen molar-refractivity contribution >= 4 is 0 Å². The van der Waals surface area contributed by atoms with Crippen LogP contribution in [0.4, 0.5) is 0 Å². The number of hydrogen-bond acceptors (Lipinski definition) is 0. The molecule has 0 fully saturated rings. The Hall–Kier alpha value is -0.623. The van der Waals surface area contributed by atoms with Crippen LogP contribution >= 0.6 is 0 Å². The molecule has 0 aliphatic carbocycles. The van der Waals surface area contributed by atoms with Crippen molar-refractivity contribution < 1.29 is 18.9 Å². The zero-order chi connectivity index (χ0) is 10.4. The van der Waals surface area contributed by atoms with Gasteiger partial charge in [-0.15, -0.1) is 0 Å². The van der Waals surface area contributed by atoms with Gasteiger partial charge in [0.2, 0.25) is 0 Å². The van der Waals surface area contributed by atoms with Crippen molar-refractivity contribution in [2.75, 3.05) is 0 Å². The maximum Gasteiger partial charge on any atom is 1.00 e. The molecule has 0 saturated heterocycles. The molecule has 0 N–H and O–H groups in total. The second kappa shape index (κ2) is 6.79. The first-order valence-corrected chi connectivity index (χ1v) is 5.01. The van der Waals surface area contributed by atoms with E-state index in [2.05, 4.69) is 32.6 Å². The minimum absolute atomic E-state index is 0. The third-order valence-electron chi connectivity index (χ3n) is 2.12. The monoisotopic (exact) mass is 192 g/mol. The van der Waals surface area contributed by atoms with Crippen LogP contribution in [0.5, 0.6) is 0 Å². The van der Waals surface area contributed by atoms with Gasteiger partial charge in [-0.1, -0.05) is 36.5 Å². The van der Waals surface area contributed by atoms with E-state index in [0.29, 0.717) is 0 Å². The van der Waals surface area contributed by atoms with Gasteiger partial charge >= 0.3 is 18.9 Å². The van der Waals surface area contributed by atoms with Gasteiger partial charge in [0.1, 0.15) is 0 Å². The summed E-state index contributed by atoms with van der Waals surface area (Å²) >= 11 is 0. The van der Waals surface area contributed by atoms with Gasteiger partial charge in [-0.2, -0.15) is 6.42 Å². The Balaban J connectivity index is 0.00000196. The van der Waals surface area contributed by atoms with Crippen molar-refractivity contribution in [2.45, 2.75) is 26.7 Å². The van der Waals surface area contributed by atoms with E-state index in [9.17, 15) is 0 Å². The Kier molecular flexibility index (Phi) is 6.51. The minimum atomic E-state index is 0. The standard InChI is InChI=1S/C14H17.Li/c1-4-11-14(2,3)12-10-13-8-6-5-7-9-13;/h5-9H,1,4,11H2,2-3H3;/q-1;+1. The van der Waals surface area contributed by atoms with Crippen LogP contribution in [0.3, 0.4) is 0 Å². The van der Waals surface area contributed by atoms with Crippen molar-refractivity contribution in [3.8, 4) is 11.8 Å². The number of hydrogen-bond donors (Lipinski definition) is 0. The molecule has 0 saturated carbocycles. The van der Waals surface area contributed by atoms with E-state index in [0.717, 1.165) is 18.4 Å². The molecule has 0 aliphatic heterocycles. The van der Waals surface area contributed by atoms with Crippen molar-refractivity contribution in [1.82, 2.24) is 0 Å². The molecule has 15 heavy (non-hydrogen) atoms. The molecular formula is C14H17Li. The van der Waals surface area contributed by atoms with Crippen LogP contribution in [-0.2, 0) is 0 Å². The second-order valence-corrected chi connectivity index (χ2v) is 4.10. The molecule has 0 aromatic heterocycles. The Morgan fingerprint density at radius 2 is 1.80 bits per heavy atom. The molecule has 0 atom stereocenters. The van der Waals surface area contributed by atoms with Crippen LogP contribution in [0.15, 0.2) is 30.3 Å². The topological polar surface area (TPSA) is 0 Å². The molecule has 1 aromatic carbocycles. The summed E-state index contributed by atoms with van der Waals surface area (Å²) in [6.45, 7) is 8.18. The summed E-state index contributed by atoms with van der Waals surface area (Å²) in [5, 5.41) is 0. The minimum Gasteiger partial charge on any atom is -0.343 e. The first-order chi connectivity index (χ1) is 6.64. The van der Waals surface area contributed by atoms with Gasteiger partial charge in [0, 0.05) is 11.0 Å². The number of rotatable bonds is 2. The third kappa shape index (κ3) is 5.73. The van der Waals surface area contributed by atoms with Gasteiger partial charge < -0.3 is 6.92 Å². The fourth-order valence-corrected chi connectivity index (χ4v) is 1.27. The van der Waals surface area contributed by atoms with Crippen molar-refractivity contribution in [3.63, 3.8) is 0 Å². The molecular weight excluding hydrogens is 175 g/mol. The van der Waals surface area contributed by atoms with E-state index < -0.39 is 0 Å².